The van der Waals surface area contributed by atoms with Gasteiger partial charge in [-0.3, -0.25) is 20.4 Å². The molecule has 132 valence electrons. The van der Waals surface area contributed by atoms with E-state index in [1.54, 1.807) is 30.3 Å². The summed E-state index contributed by atoms with van der Waals surface area (Å²) in [6.45, 7) is 5.44. The molecule has 2 N–H and O–H groups in total. The largest absolute Gasteiger partial charge is 0.490 e. The van der Waals surface area contributed by atoms with Crippen LogP contribution in [0.5, 0.6) is 11.5 Å². The first-order valence-electron chi connectivity index (χ1n) is 8.00. The second-order valence-corrected chi connectivity index (χ2v) is 5.72. The molecule has 0 atom stereocenters. The molecular formula is C19H22N2O4. The van der Waals surface area contributed by atoms with Crippen LogP contribution < -0.4 is 20.3 Å². The SMILES string of the molecule is Cc1ccccc1OCC(=O)NNC(=O)c1ccccc1OC(C)C. The number of carbonyl (C=O) groups excluding carboxylic acids is 2. The van der Waals surface area contributed by atoms with Crippen molar-refractivity contribution in [3.05, 3.63) is 59.7 Å². The van der Waals surface area contributed by atoms with Gasteiger partial charge in [0, 0.05) is 0 Å². The van der Waals surface area contributed by atoms with Crippen molar-refractivity contribution < 1.29 is 19.1 Å². The Morgan fingerprint density at radius 1 is 0.960 bits per heavy atom. The van der Waals surface area contributed by atoms with E-state index in [4.69, 9.17) is 9.47 Å². The molecule has 0 bridgehead atoms. The summed E-state index contributed by atoms with van der Waals surface area (Å²) < 4.78 is 11.0. The van der Waals surface area contributed by atoms with Crippen LogP contribution in [-0.2, 0) is 4.79 Å². The van der Waals surface area contributed by atoms with E-state index in [1.165, 1.54) is 0 Å². The lowest BCUT2D eigenvalue weighted by atomic mass is 10.2. The molecule has 0 aliphatic heterocycles. The van der Waals surface area contributed by atoms with Gasteiger partial charge in [0.2, 0.25) is 0 Å². The highest BCUT2D eigenvalue weighted by Gasteiger charge is 2.14. The molecule has 0 saturated carbocycles. The van der Waals surface area contributed by atoms with Crippen molar-refractivity contribution >= 4 is 11.8 Å². The minimum absolute atomic E-state index is 0.0638. The maximum atomic E-state index is 12.2. The zero-order valence-corrected chi connectivity index (χ0v) is 14.5. The summed E-state index contributed by atoms with van der Waals surface area (Å²) >= 11 is 0. The van der Waals surface area contributed by atoms with Crippen LogP contribution in [0.4, 0.5) is 0 Å². The molecule has 0 spiro atoms. The lowest BCUT2D eigenvalue weighted by Gasteiger charge is -2.14. The molecule has 0 fully saturated rings. The van der Waals surface area contributed by atoms with Crippen molar-refractivity contribution in [3.8, 4) is 11.5 Å². The number of carbonyl (C=O) groups is 2. The van der Waals surface area contributed by atoms with Crippen LogP contribution in [0, 0.1) is 6.92 Å². The van der Waals surface area contributed by atoms with Crippen LogP contribution in [0.2, 0.25) is 0 Å². The zero-order valence-electron chi connectivity index (χ0n) is 14.5. The van der Waals surface area contributed by atoms with Gasteiger partial charge in [-0.05, 0) is 44.5 Å². The Kier molecular flexibility index (Phi) is 6.39. The highest BCUT2D eigenvalue weighted by atomic mass is 16.5. The maximum Gasteiger partial charge on any atom is 0.276 e. The number of hydrogen-bond acceptors (Lipinski definition) is 4. The average molecular weight is 342 g/mol. The number of hydrazine groups is 1. The minimum atomic E-state index is -0.459. The Balaban J connectivity index is 1.87. The molecule has 0 unspecified atom stereocenters. The van der Waals surface area contributed by atoms with Gasteiger partial charge >= 0.3 is 0 Å². The number of aryl methyl sites for hydroxylation is 1. The van der Waals surface area contributed by atoms with Crippen LogP contribution in [-0.4, -0.2) is 24.5 Å². The number of nitrogens with one attached hydrogen (secondary N) is 2. The van der Waals surface area contributed by atoms with Gasteiger partial charge in [-0.25, -0.2) is 0 Å². The van der Waals surface area contributed by atoms with Crippen LogP contribution in [0.15, 0.2) is 48.5 Å². The van der Waals surface area contributed by atoms with Crippen molar-refractivity contribution in [3.63, 3.8) is 0 Å². The topological polar surface area (TPSA) is 76.7 Å². The molecule has 6 heteroatoms. The average Bonchev–Trinajstić information content (AvgIpc) is 2.59. The van der Waals surface area contributed by atoms with E-state index in [9.17, 15) is 9.59 Å². The summed E-state index contributed by atoms with van der Waals surface area (Å²) in [6, 6.07) is 14.2. The van der Waals surface area contributed by atoms with Gasteiger partial charge in [0.05, 0.1) is 11.7 Å². The molecular weight excluding hydrogens is 320 g/mol. The highest BCUT2D eigenvalue weighted by molar-refractivity contribution is 5.97. The Morgan fingerprint density at radius 2 is 1.60 bits per heavy atom. The maximum absolute atomic E-state index is 12.2. The van der Waals surface area contributed by atoms with E-state index in [0.717, 1.165) is 5.56 Å². The summed E-state index contributed by atoms with van der Waals surface area (Å²) in [5, 5.41) is 0. The lowest BCUT2D eigenvalue weighted by molar-refractivity contribution is -0.123. The predicted molar refractivity (Wildman–Crippen MR) is 94.5 cm³/mol. The van der Waals surface area contributed by atoms with E-state index in [-0.39, 0.29) is 12.7 Å². The van der Waals surface area contributed by atoms with Gasteiger partial charge < -0.3 is 9.47 Å². The van der Waals surface area contributed by atoms with Gasteiger partial charge in [0.15, 0.2) is 6.61 Å². The first kappa shape index (κ1) is 18.3. The first-order chi connectivity index (χ1) is 12.0. The third-order valence-electron chi connectivity index (χ3n) is 3.26. The number of para-hydroxylation sites is 2. The summed E-state index contributed by atoms with van der Waals surface area (Å²) in [7, 11) is 0. The third kappa shape index (κ3) is 5.53. The van der Waals surface area contributed by atoms with E-state index < -0.39 is 11.8 Å². The Labute approximate surface area is 147 Å². The molecule has 2 aromatic carbocycles. The van der Waals surface area contributed by atoms with Gasteiger partial charge in [-0.2, -0.15) is 0 Å². The minimum Gasteiger partial charge on any atom is -0.490 e. The van der Waals surface area contributed by atoms with E-state index >= 15 is 0 Å². The van der Waals surface area contributed by atoms with Gasteiger partial charge in [-0.15, -0.1) is 0 Å². The fourth-order valence-electron chi connectivity index (χ4n) is 2.10. The Morgan fingerprint density at radius 3 is 2.28 bits per heavy atom. The molecule has 0 saturated heterocycles. The molecule has 2 rings (SSSR count). The Bertz CT molecular complexity index is 744. The molecule has 6 nitrogen and oxygen atoms in total. The quantitative estimate of drug-likeness (QED) is 0.791. The van der Waals surface area contributed by atoms with E-state index in [2.05, 4.69) is 10.9 Å². The van der Waals surface area contributed by atoms with Gasteiger partial charge in [0.1, 0.15) is 11.5 Å². The molecule has 0 heterocycles. The standard InChI is InChI=1S/C19H22N2O4/c1-13(2)25-17-11-7-5-9-15(17)19(23)21-20-18(22)12-24-16-10-6-4-8-14(16)3/h4-11,13H,12H2,1-3H3,(H,20,22)(H,21,23). The number of hydrogen-bond donors (Lipinski definition) is 2. The van der Waals surface area contributed by atoms with Crippen molar-refractivity contribution in [2.45, 2.75) is 26.9 Å². The van der Waals surface area contributed by atoms with Crippen molar-refractivity contribution in [2.75, 3.05) is 6.61 Å². The smallest absolute Gasteiger partial charge is 0.276 e. The summed E-state index contributed by atoms with van der Waals surface area (Å²) in [6.07, 6.45) is -0.0638. The van der Waals surface area contributed by atoms with Crippen LogP contribution in [0.3, 0.4) is 0 Å². The molecule has 0 radical (unpaired) electrons. The molecule has 0 aliphatic carbocycles. The predicted octanol–water partition coefficient (Wildman–Crippen LogP) is 2.62. The highest BCUT2D eigenvalue weighted by Crippen LogP contribution is 2.19. The van der Waals surface area contributed by atoms with Crippen molar-refractivity contribution in [1.82, 2.24) is 10.9 Å². The van der Waals surface area contributed by atoms with Crippen LogP contribution in [0.1, 0.15) is 29.8 Å². The fourth-order valence-corrected chi connectivity index (χ4v) is 2.10. The van der Waals surface area contributed by atoms with Crippen LogP contribution >= 0.6 is 0 Å². The molecule has 25 heavy (non-hydrogen) atoms. The first-order valence-corrected chi connectivity index (χ1v) is 8.00. The van der Waals surface area contributed by atoms with Crippen LogP contribution in [0.25, 0.3) is 0 Å². The number of ether oxygens (including phenoxy) is 2. The summed E-state index contributed by atoms with van der Waals surface area (Å²) in [4.78, 5) is 24.1. The summed E-state index contributed by atoms with van der Waals surface area (Å²) in [5.74, 6) is 0.166. The normalized spacial score (nSPS) is 10.2. The monoisotopic (exact) mass is 342 g/mol. The summed E-state index contributed by atoms with van der Waals surface area (Å²) in [5.41, 5.74) is 5.97. The van der Waals surface area contributed by atoms with E-state index in [0.29, 0.717) is 17.1 Å². The second kappa shape index (κ2) is 8.73. The zero-order chi connectivity index (χ0) is 18.2. The number of rotatable bonds is 6. The van der Waals surface area contributed by atoms with Gasteiger partial charge in [-0.1, -0.05) is 30.3 Å². The van der Waals surface area contributed by atoms with E-state index in [1.807, 2.05) is 39.0 Å². The number of amides is 2. The molecule has 0 aromatic heterocycles. The second-order valence-electron chi connectivity index (χ2n) is 5.72. The van der Waals surface area contributed by atoms with Gasteiger partial charge in [0.25, 0.3) is 11.8 Å². The fraction of sp³-hybridized carbons (Fsp3) is 0.263. The molecule has 2 amide bonds. The Hall–Kier alpha value is -3.02. The molecule has 2 aromatic rings. The molecule has 0 aliphatic rings. The number of benzene rings is 2. The van der Waals surface area contributed by atoms with Crippen molar-refractivity contribution in [1.29, 1.82) is 0 Å². The lowest BCUT2D eigenvalue weighted by Crippen LogP contribution is -2.44. The van der Waals surface area contributed by atoms with Crippen molar-refractivity contribution in [2.24, 2.45) is 0 Å². The third-order valence-corrected chi connectivity index (χ3v) is 3.26.